The molecule has 0 unspecified atom stereocenters. The molecule has 0 saturated heterocycles. The molecule has 1 aromatic carbocycles. The molecule has 8 nitrogen and oxygen atoms in total. The molecular weight excluding hydrogens is 503 g/mol. The summed E-state index contributed by atoms with van der Waals surface area (Å²) in [4.78, 5) is 42.6. The minimum absolute atomic E-state index is 0.0882. The number of alkyl halides is 3. The van der Waals surface area contributed by atoms with Crippen molar-refractivity contribution in [2.24, 2.45) is 0 Å². The van der Waals surface area contributed by atoms with E-state index in [9.17, 15) is 41.4 Å². The third-order valence-corrected chi connectivity index (χ3v) is 5.88. The fourth-order valence-corrected chi connectivity index (χ4v) is 4.15. The molecule has 1 amide bonds. The number of nitrogens with zero attached hydrogens (tertiary/aromatic N) is 3. The Kier molecular flexibility index (Phi) is 6.96. The van der Waals surface area contributed by atoms with Gasteiger partial charge in [-0.25, -0.2) is 18.6 Å². The number of aliphatic carboxylic acids is 1. The van der Waals surface area contributed by atoms with Crippen LogP contribution >= 0.6 is 0 Å². The second-order valence-electron chi connectivity index (χ2n) is 8.26. The van der Waals surface area contributed by atoms with Crippen molar-refractivity contribution in [1.82, 2.24) is 14.9 Å². The van der Waals surface area contributed by atoms with E-state index in [4.69, 9.17) is 0 Å². The molecule has 37 heavy (non-hydrogen) atoms. The molecule has 2 N–H and O–H groups in total. The number of anilines is 1. The molecule has 0 radical (unpaired) electrons. The van der Waals surface area contributed by atoms with E-state index in [1.165, 1.54) is 6.20 Å². The normalized spacial score (nSPS) is 14.1. The Labute approximate surface area is 206 Å². The summed E-state index contributed by atoms with van der Waals surface area (Å²) in [6, 6.07) is 3.99. The summed E-state index contributed by atoms with van der Waals surface area (Å²) in [6.07, 6.45) is -1.54. The zero-order valence-electron chi connectivity index (χ0n) is 18.9. The summed E-state index contributed by atoms with van der Waals surface area (Å²) in [5.41, 5.74) is -2.02. The van der Waals surface area contributed by atoms with Crippen LogP contribution < -0.4 is 15.8 Å². The van der Waals surface area contributed by atoms with Crippen molar-refractivity contribution in [2.75, 3.05) is 18.0 Å². The van der Waals surface area contributed by atoms with Crippen LogP contribution in [0.25, 0.3) is 5.82 Å². The van der Waals surface area contributed by atoms with E-state index in [0.717, 1.165) is 35.0 Å². The largest absolute Gasteiger partial charge is 0.480 e. The molecule has 1 atom stereocenters. The lowest BCUT2D eigenvalue weighted by Gasteiger charge is -2.34. The molecule has 194 valence electrons. The topological polar surface area (TPSA) is 105 Å². The summed E-state index contributed by atoms with van der Waals surface area (Å²) in [5.74, 6) is -4.91. The molecule has 0 saturated carbocycles. The zero-order valence-corrected chi connectivity index (χ0v) is 18.9. The minimum atomic E-state index is -4.69. The number of benzene rings is 1. The van der Waals surface area contributed by atoms with Crippen LogP contribution in [0.4, 0.5) is 27.6 Å². The van der Waals surface area contributed by atoms with Gasteiger partial charge in [-0.2, -0.15) is 13.2 Å². The summed E-state index contributed by atoms with van der Waals surface area (Å²) >= 11 is 0. The molecule has 1 aliphatic rings. The quantitative estimate of drug-likeness (QED) is 0.482. The maximum Gasteiger partial charge on any atom is 0.416 e. The van der Waals surface area contributed by atoms with Gasteiger partial charge in [-0.15, -0.1) is 0 Å². The Bertz CT molecular complexity index is 1400. The van der Waals surface area contributed by atoms with Crippen molar-refractivity contribution >= 4 is 17.6 Å². The average Bonchev–Trinajstić information content (AvgIpc) is 2.83. The van der Waals surface area contributed by atoms with Gasteiger partial charge in [0.1, 0.15) is 29.1 Å². The number of carbonyl (C=O) groups is 2. The summed E-state index contributed by atoms with van der Waals surface area (Å²) in [7, 11) is 0. The van der Waals surface area contributed by atoms with Crippen LogP contribution in [0.5, 0.6) is 0 Å². The number of amides is 1. The smallest absolute Gasteiger partial charge is 0.416 e. The third kappa shape index (κ3) is 5.29. The number of hydrogen-bond donors (Lipinski definition) is 2. The summed E-state index contributed by atoms with van der Waals surface area (Å²) < 4.78 is 67.8. The van der Waals surface area contributed by atoms with Gasteiger partial charge in [0.05, 0.1) is 5.56 Å². The van der Waals surface area contributed by atoms with E-state index in [2.05, 4.69) is 10.3 Å². The predicted octanol–water partition coefficient (Wildman–Crippen LogP) is 3.17. The number of aromatic nitrogens is 2. The van der Waals surface area contributed by atoms with Crippen molar-refractivity contribution in [1.29, 1.82) is 0 Å². The predicted molar refractivity (Wildman–Crippen MR) is 121 cm³/mol. The standard InChI is InChI=1S/C24H19F5N4O4/c25-15-4-1-5-16(26)20(15)22(35)31-17(23(36)37)12-32-9-2-3-14-18(32)6-8-30-21(14)33-10-7-13(11-19(33)34)24(27,28)29/h1,4-8,10-11,17H,2-3,9,12H2,(H,31,35)(H,36,37)/t17-/m0/s1. The summed E-state index contributed by atoms with van der Waals surface area (Å²) in [6.45, 7) is 0.0432. The average molecular weight is 522 g/mol. The van der Waals surface area contributed by atoms with Gasteiger partial charge < -0.3 is 15.3 Å². The van der Waals surface area contributed by atoms with Gasteiger partial charge in [-0.3, -0.25) is 14.2 Å². The third-order valence-electron chi connectivity index (χ3n) is 5.88. The van der Waals surface area contributed by atoms with Gasteiger partial charge in [0.2, 0.25) is 0 Å². The van der Waals surface area contributed by atoms with Crippen molar-refractivity contribution < 1.29 is 36.6 Å². The number of carboxylic acids is 1. The van der Waals surface area contributed by atoms with E-state index >= 15 is 0 Å². The van der Waals surface area contributed by atoms with E-state index in [0.29, 0.717) is 36.7 Å². The Morgan fingerprint density at radius 1 is 1.14 bits per heavy atom. The highest BCUT2D eigenvalue weighted by molar-refractivity contribution is 5.97. The number of carboxylic acid groups (broad SMARTS) is 1. The molecule has 2 aromatic heterocycles. The monoisotopic (exact) mass is 522 g/mol. The van der Waals surface area contributed by atoms with Gasteiger partial charge in [-0.1, -0.05) is 6.07 Å². The van der Waals surface area contributed by atoms with Crippen LogP contribution in [0, 0.1) is 11.6 Å². The number of hydrogen-bond acceptors (Lipinski definition) is 5. The number of nitrogens with one attached hydrogen (secondary N) is 1. The van der Waals surface area contributed by atoms with Crippen molar-refractivity contribution in [3.63, 3.8) is 0 Å². The SMILES string of the molecule is O=C(N[C@@H](CN1CCCc2c1ccnc2-n1ccc(C(F)(F)F)cc1=O)C(=O)O)c1c(F)cccc1F. The lowest BCUT2D eigenvalue weighted by atomic mass is 10.0. The molecule has 0 fully saturated rings. The van der Waals surface area contributed by atoms with Crippen molar-refractivity contribution in [2.45, 2.75) is 25.1 Å². The number of carbonyl (C=O) groups excluding carboxylic acids is 1. The second-order valence-corrected chi connectivity index (χ2v) is 8.26. The molecule has 3 aromatic rings. The maximum atomic E-state index is 14.0. The molecule has 0 bridgehead atoms. The number of pyridine rings is 2. The first-order valence-corrected chi connectivity index (χ1v) is 11.0. The van der Waals surface area contributed by atoms with E-state index in [-0.39, 0.29) is 12.4 Å². The molecule has 0 aliphatic carbocycles. The first-order chi connectivity index (χ1) is 17.5. The highest BCUT2D eigenvalue weighted by Crippen LogP contribution is 2.31. The highest BCUT2D eigenvalue weighted by Gasteiger charge is 2.32. The number of halogens is 5. The molecular formula is C24H19F5N4O4. The van der Waals surface area contributed by atoms with Crippen LogP contribution in [0.2, 0.25) is 0 Å². The first kappa shape index (κ1) is 25.8. The van der Waals surface area contributed by atoms with Crippen LogP contribution in [-0.2, 0) is 17.4 Å². The van der Waals surface area contributed by atoms with Crippen LogP contribution in [-0.4, -0.2) is 45.7 Å². The van der Waals surface area contributed by atoms with Gasteiger partial charge >= 0.3 is 12.1 Å². The Morgan fingerprint density at radius 2 is 1.84 bits per heavy atom. The Morgan fingerprint density at radius 3 is 2.46 bits per heavy atom. The van der Waals surface area contributed by atoms with Crippen molar-refractivity contribution in [3.8, 4) is 5.82 Å². The molecule has 0 spiro atoms. The molecule has 3 heterocycles. The van der Waals surface area contributed by atoms with Crippen LogP contribution in [0.1, 0.15) is 27.9 Å². The van der Waals surface area contributed by atoms with E-state index < -0.39 is 52.4 Å². The molecule has 1 aliphatic heterocycles. The minimum Gasteiger partial charge on any atom is -0.480 e. The molecule has 13 heteroatoms. The van der Waals surface area contributed by atoms with E-state index in [1.54, 1.807) is 11.0 Å². The molecule has 4 rings (SSSR count). The van der Waals surface area contributed by atoms with Gasteiger partial charge in [0.15, 0.2) is 0 Å². The highest BCUT2D eigenvalue weighted by atomic mass is 19.4. The van der Waals surface area contributed by atoms with E-state index in [1.807, 2.05) is 0 Å². The second kappa shape index (κ2) is 9.99. The summed E-state index contributed by atoms with van der Waals surface area (Å²) in [5, 5.41) is 11.8. The lowest BCUT2D eigenvalue weighted by molar-refractivity contribution is -0.139. The lowest BCUT2D eigenvalue weighted by Crippen LogP contribution is -2.50. The van der Waals surface area contributed by atoms with Gasteiger partial charge in [0, 0.05) is 42.8 Å². The first-order valence-electron chi connectivity index (χ1n) is 11.0. The van der Waals surface area contributed by atoms with Gasteiger partial charge in [0.25, 0.3) is 11.5 Å². The fourth-order valence-electron chi connectivity index (χ4n) is 4.15. The number of fused-ring (bicyclic) bond motifs is 1. The van der Waals surface area contributed by atoms with Crippen molar-refractivity contribution in [3.05, 3.63) is 87.5 Å². The zero-order chi connectivity index (χ0) is 26.9. The van der Waals surface area contributed by atoms with Crippen LogP contribution in [0.3, 0.4) is 0 Å². The Hall–Kier alpha value is -4.29. The number of rotatable bonds is 6. The van der Waals surface area contributed by atoms with Gasteiger partial charge in [-0.05, 0) is 37.1 Å². The maximum absolute atomic E-state index is 14.0. The Balaban J connectivity index is 1.63. The van der Waals surface area contributed by atoms with Crippen LogP contribution in [0.15, 0.2) is 53.6 Å². The fraction of sp³-hybridized carbons (Fsp3) is 0.250.